The first-order valence-corrected chi connectivity index (χ1v) is 9.61. The fourth-order valence-corrected chi connectivity index (χ4v) is 4.32. The maximum Gasteiger partial charge on any atom is 0.256 e. The summed E-state index contributed by atoms with van der Waals surface area (Å²) in [5.41, 5.74) is 1.75. The van der Waals surface area contributed by atoms with E-state index in [0.717, 1.165) is 30.9 Å². The van der Waals surface area contributed by atoms with Crippen molar-refractivity contribution in [1.29, 1.82) is 0 Å². The average Bonchev–Trinajstić information content (AvgIpc) is 3.42. The Hall–Kier alpha value is -2.08. The Morgan fingerprint density at radius 3 is 2.54 bits per heavy atom. The number of nitrogens with one attached hydrogen (secondary N) is 1. The Kier molecular flexibility index (Phi) is 4.85. The van der Waals surface area contributed by atoms with Gasteiger partial charge in [-0.3, -0.25) is 9.59 Å². The Morgan fingerprint density at radius 2 is 1.85 bits per heavy atom. The molecule has 1 aliphatic carbocycles. The number of nitrogens with zero attached hydrogens (tertiary/aromatic N) is 2. The third kappa shape index (κ3) is 3.56. The maximum atomic E-state index is 13.3. The number of amides is 2. The second-order valence-corrected chi connectivity index (χ2v) is 7.64. The number of hydrogen-bond donors (Lipinski definition) is 1. The van der Waals surface area contributed by atoms with Crippen LogP contribution in [0.1, 0.15) is 30.1 Å². The molecule has 0 unspecified atom stereocenters. The fourth-order valence-electron chi connectivity index (χ4n) is 4.32. The number of likely N-dealkylation sites (tertiary alicyclic amines) is 1. The number of ether oxygens (including phenoxy) is 1. The van der Waals surface area contributed by atoms with Crippen LogP contribution in [0.25, 0.3) is 0 Å². The predicted molar refractivity (Wildman–Crippen MR) is 99.2 cm³/mol. The lowest BCUT2D eigenvalue weighted by atomic mass is 9.98. The lowest BCUT2D eigenvalue weighted by Gasteiger charge is -2.31. The van der Waals surface area contributed by atoms with Gasteiger partial charge >= 0.3 is 0 Å². The van der Waals surface area contributed by atoms with Gasteiger partial charge in [0, 0.05) is 44.7 Å². The minimum absolute atomic E-state index is 0.0105. The molecule has 6 heteroatoms. The highest BCUT2D eigenvalue weighted by Crippen LogP contribution is 2.42. The highest BCUT2D eigenvalue weighted by molar-refractivity contribution is 6.00. The molecule has 0 spiro atoms. The summed E-state index contributed by atoms with van der Waals surface area (Å²) in [7, 11) is 0. The third-order valence-corrected chi connectivity index (χ3v) is 5.75. The highest BCUT2D eigenvalue weighted by atomic mass is 16.5. The molecule has 1 aromatic carbocycles. The molecule has 1 aromatic rings. The van der Waals surface area contributed by atoms with Crippen LogP contribution in [-0.4, -0.2) is 62.1 Å². The van der Waals surface area contributed by atoms with Crippen LogP contribution in [0.3, 0.4) is 0 Å². The second kappa shape index (κ2) is 7.27. The summed E-state index contributed by atoms with van der Waals surface area (Å²) in [6.45, 7) is 5.92. The van der Waals surface area contributed by atoms with Gasteiger partial charge < -0.3 is 19.9 Å². The van der Waals surface area contributed by atoms with Crippen molar-refractivity contribution in [3.05, 3.63) is 29.8 Å². The van der Waals surface area contributed by atoms with Crippen molar-refractivity contribution in [2.24, 2.45) is 11.8 Å². The van der Waals surface area contributed by atoms with Crippen molar-refractivity contribution in [2.75, 3.05) is 44.3 Å². The summed E-state index contributed by atoms with van der Waals surface area (Å²) < 4.78 is 5.44. The van der Waals surface area contributed by atoms with E-state index in [0.29, 0.717) is 31.6 Å². The van der Waals surface area contributed by atoms with E-state index in [1.165, 1.54) is 12.8 Å². The van der Waals surface area contributed by atoms with Crippen LogP contribution in [0.5, 0.6) is 0 Å². The van der Waals surface area contributed by atoms with Crippen molar-refractivity contribution in [1.82, 2.24) is 10.2 Å². The lowest BCUT2D eigenvalue weighted by molar-refractivity contribution is -0.119. The number of para-hydroxylation sites is 1. The Bertz CT molecular complexity index is 683. The van der Waals surface area contributed by atoms with Gasteiger partial charge in [-0.05, 0) is 30.9 Å². The largest absolute Gasteiger partial charge is 0.378 e. The van der Waals surface area contributed by atoms with Gasteiger partial charge in [0.2, 0.25) is 5.91 Å². The van der Waals surface area contributed by atoms with E-state index < -0.39 is 0 Å². The first-order chi connectivity index (χ1) is 12.6. The summed E-state index contributed by atoms with van der Waals surface area (Å²) in [5, 5.41) is 3.07. The van der Waals surface area contributed by atoms with E-state index in [9.17, 15) is 9.59 Å². The zero-order chi connectivity index (χ0) is 18.1. The molecule has 2 aliphatic heterocycles. The zero-order valence-corrected chi connectivity index (χ0v) is 15.3. The van der Waals surface area contributed by atoms with Crippen molar-refractivity contribution in [3.8, 4) is 0 Å². The first kappa shape index (κ1) is 17.3. The molecular weight excluding hydrogens is 330 g/mol. The minimum atomic E-state index is -0.0105. The molecule has 1 N–H and O–H groups in total. The van der Waals surface area contributed by atoms with E-state index in [4.69, 9.17) is 4.74 Å². The molecule has 140 valence electrons. The standard InChI is InChI=1S/C20H27N3O3/c1-14(24)21-18-13-23(12-17(18)15-6-7-15)20(25)16-4-2-3-5-19(16)22-8-10-26-11-9-22/h2-5,15,17-18H,6-13H2,1H3,(H,21,24)/t17-,18+/m1/s1. The SMILES string of the molecule is CC(=O)N[C@H]1CN(C(=O)c2ccccc2N2CCOCC2)C[C@@H]1C1CC1. The second-order valence-electron chi connectivity index (χ2n) is 7.64. The van der Waals surface area contributed by atoms with E-state index in [2.05, 4.69) is 10.2 Å². The van der Waals surface area contributed by atoms with Crippen LogP contribution in [0.4, 0.5) is 5.69 Å². The van der Waals surface area contributed by atoms with Gasteiger partial charge in [0.15, 0.2) is 0 Å². The minimum Gasteiger partial charge on any atom is -0.378 e. The number of carbonyl (C=O) groups is 2. The molecule has 2 heterocycles. The quantitative estimate of drug-likeness (QED) is 0.887. The molecule has 26 heavy (non-hydrogen) atoms. The van der Waals surface area contributed by atoms with Crippen LogP contribution < -0.4 is 10.2 Å². The molecule has 3 fully saturated rings. The average molecular weight is 357 g/mol. The number of rotatable bonds is 4. The molecule has 6 nitrogen and oxygen atoms in total. The van der Waals surface area contributed by atoms with Crippen LogP contribution in [0, 0.1) is 11.8 Å². The van der Waals surface area contributed by atoms with Gasteiger partial charge in [-0.1, -0.05) is 12.1 Å². The Morgan fingerprint density at radius 1 is 1.12 bits per heavy atom. The van der Waals surface area contributed by atoms with E-state index in [-0.39, 0.29) is 17.9 Å². The third-order valence-electron chi connectivity index (χ3n) is 5.75. The van der Waals surface area contributed by atoms with Gasteiger partial charge in [-0.25, -0.2) is 0 Å². The Balaban J connectivity index is 1.53. The highest BCUT2D eigenvalue weighted by Gasteiger charge is 2.44. The van der Waals surface area contributed by atoms with Gasteiger partial charge in [0.25, 0.3) is 5.91 Å². The van der Waals surface area contributed by atoms with Gasteiger partial charge in [0.1, 0.15) is 0 Å². The molecule has 2 amide bonds. The number of anilines is 1. The van der Waals surface area contributed by atoms with Crippen molar-refractivity contribution in [2.45, 2.75) is 25.8 Å². The summed E-state index contributed by atoms with van der Waals surface area (Å²) >= 11 is 0. The summed E-state index contributed by atoms with van der Waals surface area (Å²) in [4.78, 5) is 29.0. The molecular formula is C20H27N3O3. The van der Waals surface area contributed by atoms with E-state index >= 15 is 0 Å². The number of benzene rings is 1. The topological polar surface area (TPSA) is 61.9 Å². The van der Waals surface area contributed by atoms with Gasteiger partial charge in [0.05, 0.1) is 24.8 Å². The maximum absolute atomic E-state index is 13.3. The molecule has 1 saturated carbocycles. The normalized spacial score (nSPS) is 26.0. The predicted octanol–water partition coefficient (Wildman–Crippen LogP) is 1.51. The summed E-state index contributed by atoms with van der Waals surface area (Å²) in [6, 6.07) is 7.94. The molecule has 2 atom stereocenters. The van der Waals surface area contributed by atoms with Crippen molar-refractivity contribution in [3.63, 3.8) is 0 Å². The van der Waals surface area contributed by atoms with Crippen LogP contribution in [0.15, 0.2) is 24.3 Å². The van der Waals surface area contributed by atoms with Crippen LogP contribution in [0.2, 0.25) is 0 Å². The smallest absolute Gasteiger partial charge is 0.256 e. The van der Waals surface area contributed by atoms with Crippen LogP contribution >= 0.6 is 0 Å². The summed E-state index contributed by atoms with van der Waals surface area (Å²) in [6.07, 6.45) is 2.43. The fraction of sp³-hybridized carbons (Fsp3) is 0.600. The lowest BCUT2D eigenvalue weighted by Crippen LogP contribution is -2.41. The molecule has 0 bridgehead atoms. The molecule has 2 saturated heterocycles. The van der Waals surface area contributed by atoms with E-state index in [1.54, 1.807) is 6.92 Å². The van der Waals surface area contributed by atoms with Crippen molar-refractivity contribution < 1.29 is 14.3 Å². The summed E-state index contributed by atoms with van der Waals surface area (Å²) in [5.74, 6) is 1.10. The zero-order valence-electron chi connectivity index (χ0n) is 15.3. The van der Waals surface area contributed by atoms with Gasteiger partial charge in [-0.2, -0.15) is 0 Å². The molecule has 3 aliphatic rings. The number of hydrogen-bond acceptors (Lipinski definition) is 4. The monoisotopic (exact) mass is 357 g/mol. The molecule has 4 rings (SSSR count). The van der Waals surface area contributed by atoms with E-state index in [1.807, 2.05) is 29.2 Å². The van der Waals surface area contributed by atoms with Gasteiger partial charge in [-0.15, -0.1) is 0 Å². The number of carbonyl (C=O) groups excluding carboxylic acids is 2. The molecule has 0 aromatic heterocycles. The number of morpholine rings is 1. The Labute approximate surface area is 154 Å². The van der Waals surface area contributed by atoms with Crippen molar-refractivity contribution >= 4 is 17.5 Å². The molecule has 0 radical (unpaired) electrons. The first-order valence-electron chi connectivity index (χ1n) is 9.61. The van der Waals surface area contributed by atoms with Crippen LogP contribution in [-0.2, 0) is 9.53 Å².